The van der Waals surface area contributed by atoms with Crippen LogP contribution in [0.4, 0.5) is 0 Å². The number of allylic oxidation sites excluding steroid dienone is 15. The van der Waals surface area contributed by atoms with Gasteiger partial charge in [0, 0.05) is 6.42 Å². The number of hydrogen-bond donors (Lipinski definition) is 2. The van der Waals surface area contributed by atoms with Crippen molar-refractivity contribution >= 4 is 13.7 Å². The summed E-state index contributed by atoms with van der Waals surface area (Å²) < 4.78 is 23.5. The first-order valence-corrected chi connectivity index (χ1v) is 40.6. The summed E-state index contributed by atoms with van der Waals surface area (Å²) in [6.07, 6.45) is 104. The number of unbranched alkanes of at least 4 members (excludes halogenated alkanes) is 45. The average Bonchev–Trinajstić information content (AvgIpc) is 3.58. The van der Waals surface area contributed by atoms with Crippen LogP contribution in [0.2, 0.25) is 0 Å². The van der Waals surface area contributed by atoms with Gasteiger partial charge >= 0.3 is 0 Å². The number of carbonyl (C=O) groups is 1. The third-order valence-electron chi connectivity index (χ3n) is 17.5. The Morgan fingerprint density at radius 1 is 0.396 bits per heavy atom. The Kier molecular flexibility index (Phi) is 69.7. The van der Waals surface area contributed by atoms with Gasteiger partial charge in [-0.05, 0) is 89.9 Å². The summed E-state index contributed by atoms with van der Waals surface area (Å²) in [6, 6.07) is -0.915. The Morgan fingerprint density at radius 2 is 0.681 bits per heavy atom. The zero-order valence-electron chi connectivity index (χ0n) is 60.8. The third kappa shape index (κ3) is 74.7. The molecule has 0 aromatic carbocycles. The SMILES string of the molecule is CC/C=C\C/C=C\C/C=C\C/C=C\C/C=C\CCCCCCCCCCCCCCCCCCCCCCCCCC(=O)NC(COP(=O)([O-])OCC[N+](C)(C)C)C(O)/C=C/CC/C=C/CC/C=C/CCCCCCCCCCCCCCCCCCCCCC. The standard InChI is InChI=1S/C82H151N2O6P/c1-6-8-10-12-14-16-18-20-22-24-26-28-30-32-34-36-38-39-40-41-42-43-44-45-46-48-50-52-54-56-58-60-62-64-66-68-70-72-74-76-82(86)83-80(79-90-91(87,88)89-78-77-84(3,4)5)81(85)75-73-71-69-67-65-63-61-59-57-55-53-51-49-47-37-35-33-31-29-27-25-23-21-19-17-15-13-11-9-7-2/h8,10,14,16,20,22,26,28,32,34,57,59,65,67,73,75,80-81,85H,6-7,9,11-13,15,17-19,21,23-25,27,29-31,33,35-56,58,60-64,66,68-72,74,76-79H2,1-5H3,(H-,83,86,87,88)/b10-8-,16-14-,22-20-,28-26-,34-32-,59-57+,67-65+,75-73+. The monoisotopic (exact) mass is 1290 g/mol. The Hall–Kier alpha value is -2.58. The third-order valence-corrected chi connectivity index (χ3v) is 18.5. The molecule has 0 radical (unpaired) electrons. The predicted molar refractivity (Wildman–Crippen MR) is 399 cm³/mol. The van der Waals surface area contributed by atoms with Gasteiger partial charge in [0.25, 0.3) is 7.82 Å². The molecule has 1 amide bonds. The highest BCUT2D eigenvalue weighted by atomic mass is 31.2. The van der Waals surface area contributed by atoms with Crippen molar-refractivity contribution in [1.29, 1.82) is 0 Å². The number of aliphatic hydroxyl groups excluding tert-OH is 1. The van der Waals surface area contributed by atoms with Crippen LogP contribution in [0.15, 0.2) is 97.2 Å². The largest absolute Gasteiger partial charge is 0.756 e. The van der Waals surface area contributed by atoms with Crippen molar-refractivity contribution in [3.63, 3.8) is 0 Å². The molecule has 0 saturated heterocycles. The molecule has 3 atom stereocenters. The van der Waals surface area contributed by atoms with Crippen LogP contribution in [0.1, 0.15) is 367 Å². The molecule has 0 saturated carbocycles. The van der Waals surface area contributed by atoms with E-state index in [9.17, 15) is 19.4 Å². The van der Waals surface area contributed by atoms with Gasteiger partial charge < -0.3 is 28.8 Å². The topological polar surface area (TPSA) is 108 Å². The number of nitrogens with zero attached hydrogens (tertiary/aromatic N) is 1. The first kappa shape index (κ1) is 88.4. The lowest BCUT2D eigenvalue weighted by atomic mass is 10.0. The van der Waals surface area contributed by atoms with Gasteiger partial charge in [-0.25, -0.2) is 0 Å². The minimum absolute atomic E-state index is 0.0101. The van der Waals surface area contributed by atoms with Crippen LogP contribution < -0.4 is 10.2 Å². The van der Waals surface area contributed by atoms with Gasteiger partial charge in [0.05, 0.1) is 39.9 Å². The average molecular weight is 1290 g/mol. The number of hydrogen-bond acceptors (Lipinski definition) is 6. The fraction of sp³-hybridized carbons (Fsp3) is 0.793. The maximum atomic E-state index is 13.1. The molecule has 8 nitrogen and oxygen atoms in total. The van der Waals surface area contributed by atoms with E-state index in [0.717, 1.165) is 77.0 Å². The molecule has 2 N–H and O–H groups in total. The van der Waals surface area contributed by atoms with Crippen molar-refractivity contribution < 1.29 is 32.9 Å². The molecule has 530 valence electrons. The lowest BCUT2D eigenvalue weighted by Gasteiger charge is -2.29. The number of rotatable bonds is 72. The number of carbonyl (C=O) groups excluding carboxylic acids is 1. The summed E-state index contributed by atoms with van der Waals surface area (Å²) in [7, 11) is 1.24. The second-order valence-electron chi connectivity index (χ2n) is 27.7. The van der Waals surface area contributed by atoms with Crippen LogP contribution >= 0.6 is 7.82 Å². The molecule has 0 heterocycles. The van der Waals surface area contributed by atoms with Crippen molar-refractivity contribution in [3.05, 3.63) is 97.2 Å². The maximum absolute atomic E-state index is 13.1. The van der Waals surface area contributed by atoms with E-state index in [1.165, 1.54) is 270 Å². The molecule has 0 fully saturated rings. The van der Waals surface area contributed by atoms with E-state index in [-0.39, 0.29) is 12.5 Å². The van der Waals surface area contributed by atoms with Crippen LogP contribution in [0.3, 0.4) is 0 Å². The van der Waals surface area contributed by atoms with E-state index in [0.29, 0.717) is 17.4 Å². The highest BCUT2D eigenvalue weighted by molar-refractivity contribution is 7.45. The Bertz CT molecular complexity index is 1810. The number of quaternary nitrogens is 1. The molecule has 0 aliphatic rings. The van der Waals surface area contributed by atoms with Gasteiger partial charge in [0.15, 0.2) is 0 Å². The zero-order valence-corrected chi connectivity index (χ0v) is 61.7. The first-order valence-electron chi connectivity index (χ1n) is 39.1. The van der Waals surface area contributed by atoms with E-state index in [1.807, 2.05) is 27.2 Å². The Balaban J connectivity index is 4.02. The van der Waals surface area contributed by atoms with Crippen molar-refractivity contribution in [1.82, 2.24) is 5.32 Å². The summed E-state index contributed by atoms with van der Waals surface area (Å²) in [5, 5.41) is 14.0. The second kappa shape index (κ2) is 71.7. The number of nitrogens with one attached hydrogen (secondary N) is 1. The molecule has 0 spiro atoms. The highest BCUT2D eigenvalue weighted by Gasteiger charge is 2.23. The number of likely N-dealkylation sites (N-methyl/N-ethyl adjacent to an activating group) is 1. The van der Waals surface area contributed by atoms with Crippen LogP contribution in [0, 0.1) is 0 Å². The van der Waals surface area contributed by atoms with Crippen LogP contribution in [0.25, 0.3) is 0 Å². The van der Waals surface area contributed by atoms with Gasteiger partial charge in [0.2, 0.25) is 5.91 Å². The van der Waals surface area contributed by atoms with Crippen molar-refractivity contribution in [2.45, 2.75) is 379 Å². The minimum Gasteiger partial charge on any atom is -0.756 e. The molecule has 0 aromatic heterocycles. The molecular weight excluding hydrogens is 1140 g/mol. The summed E-state index contributed by atoms with van der Waals surface area (Å²) in [6.45, 7) is 4.55. The molecule has 0 aliphatic carbocycles. The summed E-state index contributed by atoms with van der Waals surface area (Å²) in [4.78, 5) is 25.7. The fourth-order valence-corrected chi connectivity index (χ4v) is 12.2. The lowest BCUT2D eigenvalue weighted by molar-refractivity contribution is -0.870. The van der Waals surface area contributed by atoms with Crippen molar-refractivity contribution in [3.8, 4) is 0 Å². The second-order valence-corrected chi connectivity index (χ2v) is 29.1. The normalized spacial score (nSPS) is 14.1. The quantitative estimate of drug-likeness (QED) is 0.0272. The molecule has 91 heavy (non-hydrogen) atoms. The van der Waals surface area contributed by atoms with Crippen molar-refractivity contribution in [2.75, 3.05) is 40.9 Å². The van der Waals surface area contributed by atoms with Crippen LogP contribution in [0.5, 0.6) is 0 Å². The van der Waals surface area contributed by atoms with E-state index in [1.54, 1.807) is 6.08 Å². The van der Waals surface area contributed by atoms with Gasteiger partial charge in [0.1, 0.15) is 13.2 Å². The molecule has 3 unspecified atom stereocenters. The van der Waals surface area contributed by atoms with Crippen molar-refractivity contribution in [2.24, 2.45) is 0 Å². The van der Waals surface area contributed by atoms with Gasteiger partial charge in [-0.3, -0.25) is 9.36 Å². The van der Waals surface area contributed by atoms with Gasteiger partial charge in [-0.15, -0.1) is 0 Å². The fourth-order valence-electron chi connectivity index (χ4n) is 11.5. The van der Waals surface area contributed by atoms with Gasteiger partial charge in [-0.2, -0.15) is 0 Å². The first-order chi connectivity index (χ1) is 44.5. The highest BCUT2D eigenvalue weighted by Crippen LogP contribution is 2.38. The molecule has 0 rings (SSSR count). The lowest BCUT2D eigenvalue weighted by Crippen LogP contribution is -2.45. The summed E-state index contributed by atoms with van der Waals surface area (Å²) in [5.74, 6) is -0.207. The minimum atomic E-state index is -4.62. The summed E-state index contributed by atoms with van der Waals surface area (Å²) in [5.41, 5.74) is 0. The smallest absolute Gasteiger partial charge is 0.268 e. The molecule has 0 aromatic rings. The van der Waals surface area contributed by atoms with Crippen LogP contribution in [-0.4, -0.2) is 68.5 Å². The molecule has 0 bridgehead atoms. The Labute approximate surface area is 566 Å². The molecule has 0 aliphatic heterocycles. The van der Waals surface area contributed by atoms with E-state index >= 15 is 0 Å². The zero-order chi connectivity index (χ0) is 66.2. The molecular formula is C82H151N2O6P. The van der Waals surface area contributed by atoms with E-state index in [2.05, 4.69) is 104 Å². The number of phosphoric ester groups is 1. The van der Waals surface area contributed by atoms with Gasteiger partial charge in [-0.1, -0.05) is 368 Å². The van der Waals surface area contributed by atoms with Crippen LogP contribution in [-0.2, 0) is 18.4 Å². The summed E-state index contributed by atoms with van der Waals surface area (Å²) >= 11 is 0. The number of aliphatic hydroxyl groups is 1. The number of phosphoric acid groups is 1. The maximum Gasteiger partial charge on any atom is 0.268 e. The Morgan fingerprint density at radius 3 is 1.02 bits per heavy atom. The van der Waals surface area contributed by atoms with E-state index in [4.69, 9.17) is 9.05 Å². The molecule has 9 heteroatoms. The van der Waals surface area contributed by atoms with E-state index < -0.39 is 26.6 Å². The predicted octanol–water partition coefficient (Wildman–Crippen LogP) is 25.0. The number of amides is 1.